The number of benzene rings is 1. The predicted octanol–water partition coefficient (Wildman–Crippen LogP) is 5.67. The third kappa shape index (κ3) is 3.86. The molecule has 0 bridgehead atoms. The topological polar surface area (TPSA) is 25.2 Å². The van der Waals surface area contributed by atoms with Crippen LogP contribution in [0, 0.1) is 5.92 Å². The normalized spacial score (nSPS) is 16.2. The number of nitrogens with one attached hydrogen (secondary N) is 1. The molecule has 2 nitrogen and oxygen atoms in total. The van der Waals surface area contributed by atoms with Gasteiger partial charge in [-0.15, -0.1) is 0 Å². The van der Waals surface area contributed by atoms with Crippen molar-refractivity contribution in [3.05, 3.63) is 34.5 Å². The molecule has 0 saturated carbocycles. The highest BCUT2D eigenvalue weighted by atomic mass is 79.9. The van der Waals surface area contributed by atoms with E-state index in [2.05, 4.69) is 61.1 Å². The fraction of sp³-hybridized carbons (Fsp3) is 0.529. The molecule has 110 valence electrons. The van der Waals surface area contributed by atoms with Crippen LogP contribution in [-0.4, -0.2) is 6.04 Å². The van der Waals surface area contributed by atoms with E-state index >= 15 is 0 Å². The van der Waals surface area contributed by atoms with Gasteiger partial charge in [-0.05, 0) is 50.5 Å². The molecule has 0 spiro atoms. The Hall–Kier alpha value is -0.800. The van der Waals surface area contributed by atoms with E-state index in [0.29, 0.717) is 6.04 Å². The van der Waals surface area contributed by atoms with Crippen molar-refractivity contribution in [2.24, 2.45) is 5.92 Å². The molecule has 1 aromatic carbocycles. The van der Waals surface area contributed by atoms with Gasteiger partial charge in [0.1, 0.15) is 11.3 Å². The number of fused-ring (bicyclic) bond motifs is 1. The van der Waals surface area contributed by atoms with Gasteiger partial charge in [0.15, 0.2) is 0 Å². The van der Waals surface area contributed by atoms with E-state index in [0.717, 1.165) is 27.1 Å². The smallest absolute Gasteiger partial charge is 0.134 e. The second-order valence-corrected chi connectivity index (χ2v) is 6.79. The molecule has 0 fully saturated rings. The zero-order valence-electron chi connectivity index (χ0n) is 12.7. The Labute approximate surface area is 130 Å². The Morgan fingerprint density at radius 3 is 2.65 bits per heavy atom. The van der Waals surface area contributed by atoms with Gasteiger partial charge in [-0.2, -0.15) is 0 Å². The first kappa shape index (κ1) is 15.6. The first-order valence-electron chi connectivity index (χ1n) is 7.44. The SMILES string of the molecule is CCC(C)CC(C)NC(C)c1cc2cc(Br)ccc2o1. The highest BCUT2D eigenvalue weighted by molar-refractivity contribution is 9.10. The van der Waals surface area contributed by atoms with Crippen molar-refractivity contribution in [1.82, 2.24) is 5.32 Å². The number of hydrogen-bond acceptors (Lipinski definition) is 2. The molecule has 2 aromatic rings. The van der Waals surface area contributed by atoms with Gasteiger partial charge in [0.25, 0.3) is 0 Å². The molecule has 2 rings (SSSR count). The van der Waals surface area contributed by atoms with E-state index in [1.165, 1.54) is 12.8 Å². The molecule has 0 aliphatic carbocycles. The lowest BCUT2D eigenvalue weighted by Gasteiger charge is -2.21. The molecule has 0 aliphatic heterocycles. The lowest BCUT2D eigenvalue weighted by molar-refractivity contribution is 0.359. The molecule has 1 aromatic heterocycles. The van der Waals surface area contributed by atoms with Gasteiger partial charge in [0.2, 0.25) is 0 Å². The minimum absolute atomic E-state index is 0.236. The summed E-state index contributed by atoms with van der Waals surface area (Å²) >= 11 is 3.50. The van der Waals surface area contributed by atoms with Crippen LogP contribution in [-0.2, 0) is 0 Å². The van der Waals surface area contributed by atoms with E-state index in [9.17, 15) is 0 Å². The van der Waals surface area contributed by atoms with Crippen LogP contribution in [0.1, 0.15) is 52.3 Å². The van der Waals surface area contributed by atoms with Crippen molar-refractivity contribution in [1.29, 1.82) is 0 Å². The molecule has 0 saturated heterocycles. The summed E-state index contributed by atoms with van der Waals surface area (Å²) in [4.78, 5) is 0. The lowest BCUT2D eigenvalue weighted by atomic mass is 10.00. The third-order valence-electron chi connectivity index (χ3n) is 3.91. The summed E-state index contributed by atoms with van der Waals surface area (Å²) in [6, 6.07) is 8.99. The van der Waals surface area contributed by atoms with Gasteiger partial charge in [0.05, 0.1) is 6.04 Å². The van der Waals surface area contributed by atoms with E-state index in [-0.39, 0.29) is 6.04 Å². The summed E-state index contributed by atoms with van der Waals surface area (Å²) in [5.74, 6) is 1.77. The second-order valence-electron chi connectivity index (χ2n) is 5.87. The first-order chi connectivity index (χ1) is 9.49. The van der Waals surface area contributed by atoms with Crippen molar-refractivity contribution < 1.29 is 4.42 Å². The van der Waals surface area contributed by atoms with E-state index < -0.39 is 0 Å². The fourth-order valence-corrected chi connectivity index (χ4v) is 2.97. The second kappa shape index (κ2) is 6.77. The quantitative estimate of drug-likeness (QED) is 0.734. The maximum Gasteiger partial charge on any atom is 0.134 e. The third-order valence-corrected chi connectivity index (χ3v) is 4.40. The van der Waals surface area contributed by atoms with Crippen molar-refractivity contribution in [3.63, 3.8) is 0 Å². The number of rotatable bonds is 6. The highest BCUT2D eigenvalue weighted by Crippen LogP contribution is 2.27. The van der Waals surface area contributed by atoms with Gasteiger partial charge in [-0.1, -0.05) is 36.2 Å². The van der Waals surface area contributed by atoms with Crippen LogP contribution in [0.15, 0.2) is 33.2 Å². The van der Waals surface area contributed by atoms with Crippen LogP contribution >= 0.6 is 15.9 Å². The zero-order chi connectivity index (χ0) is 14.7. The van der Waals surface area contributed by atoms with Crippen molar-refractivity contribution in [2.75, 3.05) is 0 Å². The monoisotopic (exact) mass is 337 g/mol. The summed E-state index contributed by atoms with van der Waals surface area (Å²) in [5.41, 5.74) is 0.950. The Kier molecular flexibility index (Phi) is 5.28. The Morgan fingerprint density at radius 1 is 1.20 bits per heavy atom. The first-order valence-corrected chi connectivity index (χ1v) is 8.24. The Balaban J connectivity index is 2.05. The predicted molar refractivity (Wildman–Crippen MR) is 89.0 cm³/mol. The van der Waals surface area contributed by atoms with Crippen LogP contribution in [0.3, 0.4) is 0 Å². The maximum absolute atomic E-state index is 5.93. The van der Waals surface area contributed by atoms with Crippen LogP contribution in [0.4, 0.5) is 0 Å². The molecular weight excluding hydrogens is 314 g/mol. The molecule has 0 aliphatic rings. The molecule has 3 atom stereocenters. The van der Waals surface area contributed by atoms with Crippen molar-refractivity contribution >= 4 is 26.9 Å². The van der Waals surface area contributed by atoms with Gasteiger partial charge in [-0.3, -0.25) is 0 Å². The molecule has 1 heterocycles. The summed E-state index contributed by atoms with van der Waals surface area (Å²) in [6.07, 6.45) is 2.44. The minimum atomic E-state index is 0.236. The molecule has 20 heavy (non-hydrogen) atoms. The van der Waals surface area contributed by atoms with E-state index in [4.69, 9.17) is 4.42 Å². The Bertz CT molecular complexity index is 563. The maximum atomic E-state index is 5.93. The van der Waals surface area contributed by atoms with Gasteiger partial charge in [-0.25, -0.2) is 0 Å². The summed E-state index contributed by atoms with van der Waals surface area (Å²) in [5, 5.41) is 4.78. The van der Waals surface area contributed by atoms with Crippen LogP contribution in [0.2, 0.25) is 0 Å². The van der Waals surface area contributed by atoms with Gasteiger partial charge < -0.3 is 9.73 Å². The number of furan rings is 1. The van der Waals surface area contributed by atoms with Crippen LogP contribution in [0.25, 0.3) is 11.0 Å². The summed E-state index contributed by atoms with van der Waals surface area (Å²) < 4.78 is 7.02. The molecule has 3 heteroatoms. The van der Waals surface area contributed by atoms with Crippen molar-refractivity contribution in [2.45, 2.75) is 52.6 Å². The molecule has 3 unspecified atom stereocenters. The van der Waals surface area contributed by atoms with Crippen LogP contribution in [0.5, 0.6) is 0 Å². The fourth-order valence-electron chi connectivity index (χ4n) is 2.60. The summed E-state index contributed by atoms with van der Waals surface area (Å²) in [7, 11) is 0. The van der Waals surface area contributed by atoms with Gasteiger partial charge >= 0.3 is 0 Å². The van der Waals surface area contributed by atoms with Gasteiger partial charge in [0, 0.05) is 15.9 Å². The van der Waals surface area contributed by atoms with Crippen molar-refractivity contribution in [3.8, 4) is 0 Å². The average molecular weight is 338 g/mol. The Morgan fingerprint density at radius 2 is 1.95 bits per heavy atom. The van der Waals surface area contributed by atoms with E-state index in [1.54, 1.807) is 0 Å². The standard InChI is InChI=1S/C17H24BrNO/c1-5-11(2)8-12(3)19-13(4)17-10-14-9-15(18)6-7-16(14)20-17/h6-7,9-13,19H,5,8H2,1-4H3. The molecular formula is C17H24BrNO. The largest absolute Gasteiger partial charge is 0.459 e. The number of hydrogen-bond donors (Lipinski definition) is 1. The average Bonchev–Trinajstić information content (AvgIpc) is 2.81. The molecule has 0 radical (unpaired) electrons. The van der Waals surface area contributed by atoms with E-state index in [1.807, 2.05) is 12.1 Å². The molecule has 1 N–H and O–H groups in total. The lowest BCUT2D eigenvalue weighted by Crippen LogP contribution is -2.30. The minimum Gasteiger partial charge on any atom is -0.459 e. The van der Waals surface area contributed by atoms with Crippen LogP contribution < -0.4 is 5.32 Å². The number of halogens is 1. The zero-order valence-corrected chi connectivity index (χ0v) is 14.3. The summed E-state index contributed by atoms with van der Waals surface area (Å²) in [6.45, 7) is 8.97. The highest BCUT2D eigenvalue weighted by Gasteiger charge is 2.15. The molecule has 0 amide bonds.